The molecule has 1 aromatic heterocycles. The first-order chi connectivity index (χ1) is 17.8. The molecule has 0 radical (unpaired) electrons. The second-order valence-electron chi connectivity index (χ2n) is 9.57. The molecule has 6 nitrogen and oxygen atoms in total. The number of carbonyl (C=O) groups excluding carboxylic acids is 1. The standard InChI is InChI=1S/C30H30N2O4S/c1-6-35-29(34)26-18(4)31-30-32(27(26)21-13-11-20(12-14-21)17(2)3)28(33)25(37-30)16-23-15-22-9-7-8-10-24(22)36-19(23)5/h7-17,19,27H,6H2,1-5H3/b25-16+/t19-,27+/m0/s1. The zero-order valence-corrected chi connectivity index (χ0v) is 22.5. The molecule has 2 aliphatic rings. The van der Waals surface area contributed by atoms with E-state index in [1.165, 1.54) is 16.9 Å². The highest BCUT2D eigenvalue weighted by atomic mass is 32.1. The van der Waals surface area contributed by atoms with Crippen LogP contribution in [0.3, 0.4) is 0 Å². The molecule has 37 heavy (non-hydrogen) atoms. The number of para-hydroxylation sites is 1. The zero-order valence-electron chi connectivity index (χ0n) is 21.6. The van der Waals surface area contributed by atoms with Crippen LogP contribution in [0.2, 0.25) is 0 Å². The van der Waals surface area contributed by atoms with Crippen molar-refractivity contribution < 1.29 is 14.3 Å². The Morgan fingerprint density at radius 2 is 1.92 bits per heavy atom. The minimum Gasteiger partial charge on any atom is -0.485 e. The van der Waals surface area contributed by atoms with Gasteiger partial charge in [-0.05, 0) is 61.6 Å². The Labute approximate surface area is 219 Å². The first-order valence-electron chi connectivity index (χ1n) is 12.5. The number of hydrogen-bond acceptors (Lipinski definition) is 6. The van der Waals surface area contributed by atoms with Crippen molar-refractivity contribution in [2.45, 2.75) is 52.7 Å². The number of benzene rings is 2. The monoisotopic (exact) mass is 514 g/mol. The van der Waals surface area contributed by atoms with Crippen LogP contribution in [-0.4, -0.2) is 23.2 Å². The number of fused-ring (bicyclic) bond motifs is 2. The summed E-state index contributed by atoms with van der Waals surface area (Å²) in [7, 11) is 0. The molecule has 0 unspecified atom stereocenters. The maximum Gasteiger partial charge on any atom is 0.338 e. The first-order valence-corrected chi connectivity index (χ1v) is 13.4. The topological polar surface area (TPSA) is 69.9 Å². The highest BCUT2D eigenvalue weighted by molar-refractivity contribution is 7.07. The molecule has 3 aromatic rings. The van der Waals surface area contributed by atoms with Crippen LogP contribution in [0.5, 0.6) is 5.75 Å². The molecule has 0 saturated carbocycles. The summed E-state index contributed by atoms with van der Waals surface area (Å²) in [6.07, 6.45) is 3.73. The van der Waals surface area contributed by atoms with Crippen LogP contribution in [-0.2, 0) is 9.53 Å². The van der Waals surface area contributed by atoms with Gasteiger partial charge in [0.25, 0.3) is 5.56 Å². The summed E-state index contributed by atoms with van der Waals surface area (Å²) in [5.74, 6) is 0.744. The second kappa shape index (κ2) is 9.98. The van der Waals surface area contributed by atoms with Crippen LogP contribution in [0.4, 0.5) is 0 Å². The molecule has 0 N–H and O–H groups in total. The molecular formula is C30H30N2O4S. The molecule has 2 aliphatic heterocycles. The van der Waals surface area contributed by atoms with Gasteiger partial charge in [-0.3, -0.25) is 9.36 Å². The van der Waals surface area contributed by atoms with E-state index >= 15 is 0 Å². The lowest BCUT2D eigenvalue weighted by molar-refractivity contribution is -0.139. The summed E-state index contributed by atoms with van der Waals surface area (Å²) in [4.78, 5) is 32.2. The van der Waals surface area contributed by atoms with Gasteiger partial charge in [-0.25, -0.2) is 9.79 Å². The van der Waals surface area contributed by atoms with Gasteiger partial charge in [-0.15, -0.1) is 0 Å². The van der Waals surface area contributed by atoms with E-state index in [-0.39, 0.29) is 18.3 Å². The molecule has 5 rings (SSSR count). The van der Waals surface area contributed by atoms with Gasteiger partial charge in [0.15, 0.2) is 4.80 Å². The Kier molecular flexibility index (Phi) is 6.73. The predicted molar refractivity (Wildman–Crippen MR) is 146 cm³/mol. The van der Waals surface area contributed by atoms with E-state index < -0.39 is 12.0 Å². The first kappa shape index (κ1) is 25.0. The summed E-state index contributed by atoms with van der Waals surface area (Å²) in [5.41, 5.74) is 4.67. The van der Waals surface area contributed by atoms with E-state index in [1.54, 1.807) is 18.4 Å². The third-order valence-electron chi connectivity index (χ3n) is 6.75. The van der Waals surface area contributed by atoms with Crippen LogP contribution in [0.15, 0.2) is 75.2 Å². The Balaban J connectivity index is 1.68. The van der Waals surface area contributed by atoms with Crippen molar-refractivity contribution >= 4 is 29.5 Å². The summed E-state index contributed by atoms with van der Waals surface area (Å²) in [5, 5.41) is 0. The molecule has 2 atom stereocenters. The van der Waals surface area contributed by atoms with Crippen LogP contribution < -0.4 is 19.6 Å². The fourth-order valence-electron chi connectivity index (χ4n) is 4.74. The third-order valence-corrected chi connectivity index (χ3v) is 7.73. The third kappa shape index (κ3) is 4.60. The number of carbonyl (C=O) groups is 1. The summed E-state index contributed by atoms with van der Waals surface area (Å²) < 4.78 is 13.6. The van der Waals surface area contributed by atoms with E-state index in [2.05, 4.69) is 37.0 Å². The Hall–Kier alpha value is -3.71. The van der Waals surface area contributed by atoms with E-state index in [0.717, 1.165) is 22.4 Å². The van der Waals surface area contributed by atoms with Crippen molar-refractivity contribution in [2.75, 3.05) is 6.61 Å². The van der Waals surface area contributed by atoms with Gasteiger partial charge in [0, 0.05) is 5.56 Å². The zero-order chi connectivity index (χ0) is 26.3. The van der Waals surface area contributed by atoms with Crippen LogP contribution in [0.25, 0.3) is 12.2 Å². The summed E-state index contributed by atoms with van der Waals surface area (Å²) >= 11 is 1.32. The molecule has 7 heteroatoms. The van der Waals surface area contributed by atoms with Crippen molar-refractivity contribution in [1.82, 2.24) is 4.57 Å². The van der Waals surface area contributed by atoms with E-state index in [1.807, 2.05) is 49.4 Å². The van der Waals surface area contributed by atoms with E-state index in [0.29, 0.717) is 26.5 Å². The SMILES string of the molecule is CCOC(=O)C1=C(C)N=c2s/c(=C/C3=Cc4ccccc4O[C@H]3C)c(=O)n2[C@@H]1c1ccc(C(C)C)cc1. The minimum absolute atomic E-state index is 0.192. The maximum absolute atomic E-state index is 13.9. The number of ether oxygens (including phenoxy) is 2. The molecule has 0 amide bonds. The average molecular weight is 515 g/mol. The minimum atomic E-state index is -0.617. The van der Waals surface area contributed by atoms with Gasteiger partial charge in [0.05, 0.1) is 28.5 Å². The number of thiazole rings is 1. The van der Waals surface area contributed by atoms with Gasteiger partial charge in [-0.1, -0.05) is 67.6 Å². The molecule has 0 bridgehead atoms. The van der Waals surface area contributed by atoms with Gasteiger partial charge in [0.2, 0.25) is 0 Å². The maximum atomic E-state index is 13.9. The smallest absolute Gasteiger partial charge is 0.338 e. The summed E-state index contributed by atoms with van der Waals surface area (Å²) in [6.45, 7) is 10.1. The number of nitrogens with zero attached hydrogens (tertiary/aromatic N) is 2. The van der Waals surface area contributed by atoms with Crippen molar-refractivity contribution in [2.24, 2.45) is 4.99 Å². The number of aromatic nitrogens is 1. The van der Waals surface area contributed by atoms with Gasteiger partial charge >= 0.3 is 5.97 Å². The number of hydrogen-bond donors (Lipinski definition) is 0. The van der Waals surface area contributed by atoms with Crippen molar-refractivity contribution in [1.29, 1.82) is 0 Å². The van der Waals surface area contributed by atoms with Crippen LogP contribution in [0.1, 0.15) is 63.3 Å². The highest BCUT2D eigenvalue weighted by Gasteiger charge is 2.33. The molecule has 0 saturated heterocycles. The molecular weight excluding hydrogens is 484 g/mol. The summed E-state index contributed by atoms with van der Waals surface area (Å²) in [6, 6.07) is 15.3. The van der Waals surface area contributed by atoms with Gasteiger partial charge in [0.1, 0.15) is 11.9 Å². The fraction of sp³-hybridized carbons (Fsp3) is 0.300. The van der Waals surface area contributed by atoms with Gasteiger partial charge in [-0.2, -0.15) is 0 Å². The molecule has 0 aliphatic carbocycles. The van der Waals surface area contributed by atoms with E-state index in [9.17, 15) is 9.59 Å². The quantitative estimate of drug-likeness (QED) is 0.462. The Morgan fingerprint density at radius 1 is 1.19 bits per heavy atom. The molecule has 0 fully saturated rings. The lowest BCUT2D eigenvalue weighted by Crippen LogP contribution is -2.40. The number of allylic oxidation sites excluding steroid dienone is 1. The molecule has 0 spiro atoms. The molecule has 3 heterocycles. The van der Waals surface area contributed by atoms with Crippen LogP contribution >= 0.6 is 11.3 Å². The average Bonchev–Trinajstić information content (AvgIpc) is 3.18. The van der Waals surface area contributed by atoms with Crippen molar-refractivity contribution in [3.8, 4) is 5.75 Å². The second-order valence-corrected chi connectivity index (χ2v) is 10.6. The lowest BCUT2D eigenvalue weighted by atomic mass is 9.93. The highest BCUT2D eigenvalue weighted by Crippen LogP contribution is 2.32. The fourth-order valence-corrected chi connectivity index (χ4v) is 5.79. The van der Waals surface area contributed by atoms with Crippen molar-refractivity contribution in [3.05, 3.63) is 102 Å². The predicted octanol–water partition coefficient (Wildman–Crippen LogP) is 4.74. The Morgan fingerprint density at radius 3 is 2.62 bits per heavy atom. The molecule has 190 valence electrons. The number of esters is 1. The van der Waals surface area contributed by atoms with Crippen LogP contribution in [0, 0.1) is 0 Å². The van der Waals surface area contributed by atoms with E-state index in [4.69, 9.17) is 9.47 Å². The normalized spacial score (nSPS) is 19.1. The number of rotatable bonds is 5. The lowest BCUT2D eigenvalue weighted by Gasteiger charge is -2.25. The Bertz CT molecular complexity index is 1610. The van der Waals surface area contributed by atoms with Gasteiger partial charge < -0.3 is 9.47 Å². The van der Waals surface area contributed by atoms with Crippen molar-refractivity contribution in [3.63, 3.8) is 0 Å². The largest absolute Gasteiger partial charge is 0.485 e. The molecule has 2 aromatic carbocycles.